The van der Waals surface area contributed by atoms with Gasteiger partial charge in [0.2, 0.25) is 0 Å². The van der Waals surface area contributed by atoms with Crippen molar-refractivity contribution in [2.75, 3.05) is 6.61 Å². The van der Waals surface area contributed by atoms with Crippen LogP contribution in [-0.2, 0) is 4.74 Å². The molecule has 2 aromatic carbocycles. The van der Waals surface area contributed by atoms with Crippen LogP contribution < -0.4 is 0 Å². The molecule has 30 heavy (non-hydrogen) atoms. The van der Waals surface area contributed by atoms with Gasteiger partial charge in [-0.25, -0.2) is 0 Å². The molecule has 156 valence electrons. The summed E-state index contributed by atoms with van der Waals surface area (Å²) in [6.45, 7) is 2.90. The molecule has 2 nitrogen and oxygen atoms in total. The Bertz CT molecular complexity index is 873. The molecule has 2 heteroatoms. The Kier molecular flexibility index (Phi) is 8.48. The normalized spacial score (nSPS) is 18.1. The molecule has 0 radical (unpaired) electrons. The van der Waals surface area contributed by atoms with Crippen LogP contribution in [0, 0.1) is 11.3 Å². The summed E-state index contributed by atoms with van der Waals surface area (Å²) in [4.78, 5) is 0. The van der Waals surface area contributed by atoms with Crippen LogP contribution in [0.1, 0.15) is 63.9 Å². The van der Waals surface area contributed by atoms with Gasteiger partial charge in [0.15, 0.2) is 5.60 Å². The van der Waals surface area contributed by atoms with Gasteiger partial charge in [0.25, 0.3) is 0 Å². The first-order chi connectivity index (χ1) is 14.8. The Morgan fingerprint density at radius 3 is 2.10 bits per heavy atom. The van der Waals surface area contributed by atoms with Crippen molar-refractivity contribution in [3.8, 4) is 17.2 Å². The highest BCUT2D eigenvalue weighted by molar-refractivity contribution is 5.77. The topological polar surface area (TPSA) is 33.0 Å². The first-order valence-corrected chi connectivity index (χ1v) is 11.4. The number of allylic oxidation sites excluding steroid dienone is 2. The molecule has 1 unspecified atom stereocenters. The van der Waals surface area contributed by atoms with Crippen molar-refractivity contribution in [3.63, 3.8) is 0 Å². The molecule has 0 saturated carbocycles. The summed E-state index contributed by atoms with van der Waals surface area (Å²) in [6, 6.07) is 21.4. The Balaban J connectivity index is 1.49. The number of nitrogens with zero attached hydrogens (tertiary/aromatic N) is 1. The fourth-order valence-corrected chi connectivity index (χ4v) is 3.86. The van der Waals surface area contributed by atoms with Gasteiger partial charge in [-0.15, -0.1) is 0 Å². The summed E-state index contributed by atoms with van der Waals surface area (Å²) < 4.78 is 6.02. The van der Waals surface area contributed by atoms with E-state index in [1.165, 1.54) is 55.2 Å². The maximum Gasteiger partial charge on any atom is 0.176 e. The molecule has 1 aliphatic carbocycles. The van der Waals surface area contributed by atoms with Crippen LogP contribution >= 0.6 is 0 Å². The average Bonchev–Trinajstić information content (AvgIpc) is 2.82. The molecule has 0 bridgehead atoms. The van der Waals surface area contributed by atoms with Gasteiger partial charge in [-0.2, -0.15) is 5.26 Å². The number of unbranched alkanes of at least 4 members (excludes halogenated alkanes) is 6. The van der Waals surface area contributed by atoms with Crippen LogP contribution in [0.2, 0.25) is 0 Å². The van der Waals surface area contributed by atoms with E-state index in [0.29, 0.717) is 13.0 Å². The van der Waals surface area contributed by atoms with Crippen LogP contribution in [0.15, 0.2) is 72.8 Å². The van der Waals surface area contributed by atoms with E-state index in [1.807, 2.05) is 18.2 Å². The molecule has 0 spiro atoms. The lowest BCUT2D eigenvalue weighted by Crippen LogP contribution is -2.29. The lowest BCUT2D eigenvalue weighted by molar-refractivity contribution is 0.0323. The molecule has 1 atom stereocenters. The predicted octanol–water partition coefficient (Wildman–Crippen LogP) is 7.73. The minimum atomic E-state index is -0.810. The Labute approximate surface area is 181 Å². The minimum absolute atomic E-state index is 0.603. The third-order valence-electron chi connectivity index (χ3n) is 5.78. The van der Waals surface area contributed by atoms with Crippen molar-refractivity contribution in [2.45, 2.75) is 63.9 Å². The summed E-state index contributed by atoms with van der Waals surface area (Å²) in [5, 5.41) is 9.71. The summed E-state index contributed by atoms with van der Waals surface area (Å²) in [5.41, 5.74) is 3.95. The monoisotopic (exact) mass is 399 g/mol. The largest absolute Gasteiger partial charge is 0.356 e. The van der Waals surface area contributed by atoms with Crippen molar-refractivity contribution in [3.05, 3.63) is 78.4 Å². The van der Waals surface area contributed by atoms with E-state index in [1.54, 1.807) is 0 Å². The smallest absolute Gasteiger partial charge is 0.176 e. The van der Waals surface area contributed by atoms with E-state index >= 15 is 0 Å². The van der Waals surface area contributed by atoms with Gasteiger partial charge < -0.3 is 4.74 Å². The van der Waals surface area contributed by atoms with Crippen LogP contribution in [-0.4, -0.2) is 12.2 Å². The van der Waals surface area contributed by atoms with E-state index in [4.69, 9.17) is 4.74 Å². The molecule has 0 N–H and O–H groups in total. The number of benzene rings is 2. The highest BCUT2D eigenvalue weighted by Gasteiger charge is 2.29. The Hall–Kier alpha value is -2.63. The zero-order valence-electron chi connectivity index (χ0n) is 18.1. The fraction of sp³-hybridized carbons (Fsp3) is 0.393. The van der Waals surface area contributed by atoms with Crippen LogP contribution in [0.5, 0.6) is 0 Å². The molecular weight excluding hydrogens is 366 g/mol. The maximum atomic E-state index is 9.71. The van der Waals surface area contributed by atoms with E-state index in [-0.39, 0.29) is 0 Å². The number of ether oxygens (including phenoxy) is 1. The van der Waals surface area contributed by atoms with Gasteiger partial charge in [-0.3, -0.25) is 0 Å². The quantitative estimate of drug-likeness (QED) is 0.362. The summed E-state index contributed by atoms with van der Waals surface area (Å²) >= 11 is 0. The van der Waals surface area contributed by atoms with Crippen molar-refractivity contribution < 1.29 is 4.74 Å². The molecule has 0 fully saturated rings. The second kappa shape index (κ2) is 11.5. The van der Waals surface area contributed by atoms with Gasteiger partial charge >= 0.3 is 0 Å². The molecule has 2 aromatic rings. The van der Waals surface area contributed by atoms with Gasteiger partial charge in [0, 0.05) is 13.0 Å². The lowest BCUT2D eigenvalue weighted by atomic mass is 9.89. The SMILES string of the molecule is CCCCCCCCCOC1(C#N)C=CC(c2ccc(-c3ccccc3)cc2)=CC1. The third-order valence-corrected chi connectivity index (χ3v) is 5.78. The number of nitriles is 1. The second-order valence-electron chi connectivity index (χ2n) is 8.11. The standard InChI is InChI=1S/C28H33NO/c1-2-3-4-5-6-7-11-22-30-28(23-29)20-18-27(19-21-28)26-16-14-25(15-17-26)24-12-9-8-10-13-24/h8-10,12-20H,2-7,11,21-22H2,1H3. The molecule has 0 saturated heterocycles. The Morgan fingerprint density at radius 2 is 1.47 bits per heavy atom. The second-order valence-corrected chi connectivity index (χ2v) is 8.11. The average molecular weight is 400 g/mol. The van der Waals surface area contributed by atoms with Crippen molar-refractivity contribution in [2.24, 2.45) is 0 Å². The summed E-state index contributed by atoms with van der Waals surface area (Å²) in [6.07, 6.45) is 15.5. The van der Waals surface area contributed by atoms with Crippen molar-refractivity contribution in [1.82, 2.24) is 0 Å². The van der Waals surface area contributed by atoms with Gasteiger partial charge in [-0.05, 0) is 34.8 Å². The third kappa shape index (κ3) is 6.18. The zero-order chi connectivity index (χ0) is 21.1. The van der Waals surface area contributed by atoms with Gasteiger partial charge in [-0.1, -0.05) is 112 Å². The van der Waals surface area contributed by atoms with Gasteiger partial charge in [0.1, 0.15) is 6.07 Å². The molecular formula is C28H33NO. The Morgan fingerprint density at radius 1 is 0.833 bits per heavy atom. The molecule has 0 aliphatic heterocycles. The van der Waals surface area contributed by atoms with Crippen molar-refractivity contribution in [1.29, 1.82) is 5.26 Å². The lowest BCUT2D eigenvalue weighted by Gasteiger charge is -2.25. The van der Waals surface area contributed by atoms with Crippen LogP contribution in [0.25, 0.3) is 16.7 Å². The molecule has 1 aliphatic rings. The zero-order valence-corrected chi connectivity index (χ0v) is 18.1. The predicted molar refractivity (Wildman–Crippen MR) is 126 cm³/mol. The first kappa shape index (κ1) is 22.1. The maximum absolute atomic E-state index is 9.71. The van der Waals surface area contributed by atoms with Crippen LogP contribution in [0.4, 0.5) is 0 Å². The highest BCUT2D eigenvalue weighted by atomic mass is 16.5. The number of rotatable bonds is 11. The molecule has 0 heterocycles. The molecule has 3 rings (SSSR count). The molecule has 0 amide bonds. The van der Waals surface area contributed by atoms with E-state index in [9.17, 15) is 5.26 Å². The number of hydrogen-bond donors (Lipinski definition) is 0. The van der Waals surface area contributed by atoms with Crippen molar-refractivity contribution >= 4 is 5.57 Å². The van der Waals surface area contributed by atoms with E-state index in [0.717, 1.165) is 12.0 Å². The highest BCUT2D eigenvalue weighted by Crippen LogP contribution is 2.30. The fourth-order valence-electron chi connectivity index (χ4n) is 3.86. The number of hydrogen-bond acceptors (Lipinski definition) is 2. The van der Waals surface area contributed by atoms with Crippen LogP contribution in [0.3, 0.4) is 0 Å². The minimum Gasteiger partial charge on any atom is -0.356 e. The summed E-state index contributed by atoms with van der Waals surface area (Å²) in [5.74, 6) is 0. The van der Waals surface area contributed by atoms with E-state index < -0.39 is 5.60 Å². The van der Waals surface area contributed by atoms with Gasteiger partial charge in [0.05, 0.1) is 0 Å². The molecule has 0 aromatic heterocycles. The van der Waals surface area contributed by atoms with E-state index in [2.05, 4.69) is 67.6 Å². The first-order valence-electron chi connectivity index (χ1n) is 11.4. The summed E-state index contributed by atoms with van der Waals surface area (Å²) in [7, 11) is 0.